The first kappa shape index (κ1) is 21.7. The molecule has 0 radical (unpaired) electrons. The first-order valence-electron chi connectivity index (χ1n) is 10.8. The number of carbonyl (C=O) groups is 1. The van der Waals surface area contributed by atoms with Crippen molar-refractivity contribution in [3.05, 3.63) is 70.9 Å². The van der Waals surface area contributed by atoms with Crippen molar-refractivity contribution in [1.29, 1.82) is 0 Å². The number of halogens is 2. The highest BCUT2D eigenvalue weighted by Gasteiger charge is 2.24. The van der Waals surface area contributed by atoms with Crippen LogP contribution in [0.3, 0.4) is 0 Å². The summed E-state index contributed by atoms with van der Waals surface area (Å²) >= 11 is 1.66. The fourth-order valence-corrected chi connectivity index (χ4v) is 5.08. The molecule has 33 heavy (non-hydrogen) atoms. The van der Waals surface area contributed by atoms with Gasteiger partial charge in [0.05, 0.1) is 11.1 Å². The van der Waals surface area contributed by atoms with Crippen LogP contribution in [-0.2, 0) is 17.9 Å². The number of amides is 1. The Balaban J connectivity index is 1.26. The van der Waals surface area contributed by atoms with E-state index in [9.17, 15) is 13.6 Å². The quantitative estimate of drug-likeness (QED) is 0.444. The SMILES string of the molecule is Cc1nn(CC(=O)N2CCN(Cc3cccc(F)c3F)CC2)c2nccc(-c3cccs3)c12. The molecule has 0 N–H and O–H groups in total. The van der Waals surface area contributed by atoms with E-state index in [2.05, 4.69) is 16.1 Å². The van der Waals surface area contributed by atoms with Crippen LogP contribution in [0.2, 0.25) is 0 Å². The van der Waals surface area contributed by atoms with Gasteiger partial charge in [0.15, 0.2) is 17.3 Å². The molecule has 0 bridgehead atoms. The summed E-state index contributed by atoms with van der Waals surface area (Å²) in [7, 11) is 0. The molecule has 1 aliphatic rings. The number of thiophene rings is 1. The van der Waals surface area contributed by atoms with Crippen LogP contribution in [0.5, 0.6) is 0 Å². The fourth-order valence-electron chi connectivity index (χ4n) is 4.32. The third-order valence-corrected chi connectivity index (χ3v) is 6.93. The molecule has 170 valence electrons. The topological polar surface area (TPSA) is 54.3 Å². The molecule has 1 fully saturated rings. The van der Waals surface area contributed by atoms with Crippen LogP contribution in [0.4, 0.5) is 8.78 Å². The highest BCUT2D eigenvalue weighted by atomic mass is 32.1. The highest BCUT2D eigenvalue weighted by molar-refractivity contribution is 7.13. The molecule has 3 aromatic heterocycles. The lowest BCUT2D eigenvalue weighted by Gasteiger charge is -2.34. The predicted octanol–water partition coefficient (Wildman–Crippen LogP) is 4.09. The maximum atomic E-state index is 14.0. The number of pyridine rings is 1. The van der Waals surface area contributed by atoms with E-state index in [1.54, 1.807) is 33.2 Å². The van der Waals surface area contributed by atoms with Crippen LogP contribution in [0.15, 0.2) is 48.0 Å². The molecular weight excluding hydrogens is 444 g/mol. The molecule has 4 aromatic rings. The Kier molecular flexibility index (Phi) is 5.90. The number of benzene rings is 1. The van der Waals surface area contributed by atoms with Gasteiger partial charge in [-0.2, -0.15) is 5.10 Å². The van der Waals surface area contributed by atoms with Gasteiger partial charge in [0.25, 0.3) is 0 Å². The van der Waals surface area contributed by atoms with E-state index in [-0.39, 0.29) is 12.5 Å². The first-order valence-corrected chi connectivity index (χ1v) is 11.7. The largest absolute Gasteiger partial charge is 0.339 e. The highest BCUT2D eigenvalue weighted by Crippen LogP contribution is 2.32. The Hall–Kier alpha value is -3.17. The van der Waals surface area contributed by atoms with Crippen molar-refractivity contribution in [2.75, 3.05) is 26.2 Å². The molecule has 4 heterocycles. The fraction of sp³-hybridized carbons (Fsp3) is 0.292. The molecule has 6 nitrogen and oxygen atoms in total. The normalized spacial score (nSPS) is 14.8. The van der Waals surface area contributed by atoms with Crippen molar-refractivity contribution in [3.8, 4) is 10.4 Å². The van der Waals surface area contributed by atoms with E-state index in [0.717, 1.165) is 27.6 Å². The van der Waals surface area contributed by atoms with Crippen molar-refractivity contribution >= 4 is 28.3 Å². The number of fused-ring (bicyclic) bond motifs is 1. The second-order valence-corrected chi connectivity index (χ2v) is 9.10. The van der Waals surface area contributed by atoms with Crippen LogP contribution < -0.4 is 0 Å². The lowest BCUT2D eigenvalue weighted by molar-refractivity contribution is -0.133. The van der Waals surface area contributed by atoms with Gasteiger partial charge in [-0.05, 0) is 30.5 Å². The maximum Gasteiger partial charge on any atom is 0.244 e. The van der Waals surface area contributed by atoms with Gasteiger partial charge in [0.2, 0.25) is 5.91 Å². The van der Waals surface area contributed by atoms with E-state index >= 15 is 0 Å². The second kappa shape index (κ2) is 8.99. The molecule has 9 heteroatoms. The van der Waals surface area contributed by atoms with Crippen molar-refractivity contribution < 1.29 is 13.6 Å². The summed E-state index contributed by atoms with van der Waals surface area (Å²) in [6, 6.07) is 10.3. The zero-order valence-corrected chi connectivity index (χ0v) is 19.0. The van der Waals surface area contributed by atoms with Gasteiger partial charge in [-0.3, -0.25) is 9.69 Å². The van der Waals surface area contributed by atoms with Crippen LogP contribution >= 0.6 is 11.3 Å². The summed E-state index contributed by atoms with van der Waals surface area (Å²) in [5, 5.41) is 7.61. The number of hydrogen-bond donors (Lipinski definition) is 0. The van der Waals surface area contributed by atoms with Crippen molar-refractivity contribution in [2.24, 2.45) is 0 Å². The minimum absolute atomic E-state index is 0.0284. The Morgan fingerprint density at radius 3 is 2.67 bits per heavy atom. The van der Waals surface area contributed by atoms with Crippen LogP contribution in [0.25, 0.3) is 21.5 Å². The zero-order valence-electron chi connectivity index (χ0n) is 18.2. The van der Waals surface area contributed by atoms with E-state index in [0.29, 0.717) is 43.9 Å². The van der Waals surface area contributed by atoms with Crippen LogP contribution in [0, 0.1) is 18.6 Å². The number of piperazine rings is 1. The monoisotopic (exact) mass is 467 g/mol. The van der Waals surface area contributed by atoms with E-state index in [4.69, 9.17) is 0 Å². The Bertz CT molecular complexity index is 1300. The number of aryl methyl sites for hydroxylation is 1. The van der Waals surface area contributed by atoms with Gasteiger partial charge < -0.3 is 4.90 Å². The summed E-state index contributed by atoms with van der Waals surface area (Å²) in [4.78, 5) is 22.5. The van der Waals surface area contributed by atoms with E-state index in [1.807, 2.05) is 29.3 Å². The van der Waals surface area contributed by atoms with Gasteiger partial charge >= 0.3 is 0 Å². The number of aromatic nitrogens is 3. The third-order valence-electron chi connectivity index (χ3n) is 6.03. The number of hydrogen-bond acceptors (Lipinski definition) is 5. The molecule has 0 spiro atoms. The lowest BCUT2D eigenvalue weighted by atomic mass is 10.1. The standard InChI is InChI=1S/C24H23F2N5OS/c1-16-22-18(20-6-3-13-33-20)7-8-27-24(22)31(28-16)15-21(32)30-11-9-29(10-12-30)14-17-4-2-5-19(25)23(17)26/h2-8,13H,9-12,14-15H2,1H3. The van der Waals surface area contributed by atoms with Gasteiger partial charge in [0.1, 0.15) is 6.54 Å². The summed E-state index contributed by atoms with van der Waals surface area (Å²) in [6.45, 7) is 4.63. The smallest absolute Gasteiger partial charge is 0.244 e. The Morgan fingerprint density at radius 1 is 1.09 bits per heavy atom. The summed E-state index contributed by atoms with van der Waals surface area (Å²) < 4.78 is 29.1. The van der Waals surface area contributed by atoms with E-state index in [1.165, 1.54) is 6.07 Å². The van der Waals surface area contributed by atoms with Crippen molar-refractivity contribution in [1.82, 2.24) is 24.6 Å². The molecule has 0 aliphatic carbocycles. The molecule has 0 saturated carbocycles. The molecule has 1 aromatic carbocycles. The van der Waals surface area contributed by atoms with Crippen LogP contribution in [-0.4, -0.2) is 56.7 Å². The molecule has 5 rings (SSSR count). The second-order valence-electron chi connectivity index (χ2n) is 8.15. The first-order chi connectivity index (χ1) is 16.0. The van der Waals surface area contributed by atoms with Gasteiger partial charge in [0, 0.05) is 54.9 Å². The molecule has 0 unspecified atom stereocenters. The molecule has 1 amide bonds. The summed E-state index contributed by atoms with van der Waals surface area (Å²) in [5.41, 5.74) is 2.95. The minimum atomic E-state index is -0.834. The van der Waals surface area contributed by atoms with Gasteiger partial charge in [-0.1, -0.05) is 18.2 Å². The molecule has 1 aliphatic heterocycles. The molecule has 0 atom stereocenters. The zero-order chi connectivity index (χ0) is 22.9. The van der Waals surface area contributed by atoms with Gasteiger partial charge in [-0.15, -0.1) is 11.3 Å². The average Bonchev–Trinajstić information content (AvgIpc) is 3.46. The molecule has 1 saturated heterocycles. The maximum absolute atomic E-state index is 14.0. The summed E-state index contributed by atoms with van der Waals surface area (Å²) in [6.07, 6.45) is 1.75. The average molecular weight is 468 g/mol. The Morgan fingerprint density at radius 2 is 1.91 bits per heavy atom. The van der Waals surface area contributed by atoms with Crippen LogP contribution in [0.1, 0.15) is 11.3 Å². The number of rotatable bonds is 5. The Labute approximate surface area is 194 Å². The van der Waals surface area contributed by atoms with Crippen molar-refractivity contribution in [2.45, 2.75) is 20.0 Å². The van der Waals surface area contributed by atoms with Crippen molar-refractivity contribution in [3.63, 3.8) is 0 Å². The van der Waals surface area contributed by atoms with Gasteiger partial charge in [-0.25, -0.2) is 18.4 Å². The number of carbonyl (C=O) groups excluding carboxylic acids is 1. The number of nitrogens with zero attached hydrogens (tertiary/aromatic N) is 5. The predicted molar refractivity (Wildman–Crippen MR) is 124 cm³/mol. The summed E-state index contributed by atoms with van der Waals surface area (Å²) in [5.74, 6) is -1.66. The lowest BCUT2D eigenvalue weighted by Crippen LogP contribution is -2.49. The molecular formula is C24H23F2N5OS. The minimum Gasteiger partial charge on any atom is -0.339 e. The third kappa shape index (κ3) is 4.26. The van der Waals surface area contributed by atoms with E-state index < -0.39 is 11.6 Å².